The minimum Gasteiger partial charge on any atom is -0.356 e. The number of para-hydroxylation sites is 3. The molecule has 3 nitrogen and oxygen atoms in total. The van der Waals surface area contributed by atoms with Crippen molar-refractivity contribution >= 4 is 27.5 Å². The zero-order chi connectivity index (χ0) is 34.6. The fourth-order valence-electron chi connectivity index (χ4n) is 9.07. The quantitative estimate of drug-likeness (QED) is 0.183. The van der Waals surface area contributed by atoms with Gasteiger partial charge in [0.15, 0.2) is 0 Å². The van der Waals surface area contributed by atoms with E-state index in [0.717, 1.165) is 16.7 Å². The van der Waals surface area contributed by atoms with Gasteiger partial charge in [-0.25, -0.2) is 0 Å². The minimum absolute atomic E-state index is 0.164. The lowest BCUT2D eigenvalue weighted by atomic mass is 9.77. The summed E-state index contributed by atoms with van der Waals surface area (Å²) in [6.45, 7) is 0. The van der Waals surface area contributed by atoms with E-state index < -0.39 is 0 Å². The molecule has 0 bridgehead atoms. The van der Waals surface area contributed by atoms with Gasteiger partial charge in [0.1, 0.15) is 6.07 Å². The van der Waals surface area contributed by atoms with E-state index in [1.165, 1.54) is 49.9 Å². The van der Waals surface area contributed by atoms with Gasteiger partial charge in [-0.05, 0) is 75.9 Å². The Morgan fingerprint density at radius 3 is 2.12 bits per heavy atom. The second-order valence-electron chi connectivity index (χ2n) is 13.9. The third-order valence-corrected chi connectivity index (χ3v) is 11.2. The van der Waals surface area contributed by atoms with Crippen LogP contribution in [0, 0.1) is 17.2 Å². The highest BCUT2D eigenvalue weighted by atomic mass is 15.2. The van der Waals surface area contributed by atoms with Crippen LogP contribution in [0.2, 0.25) is 0 Å². The van der Waals surface area contributed by atoms with Gasteiger partial charge in [-0.2, -0.15) is 5.26 Å². The normalized spacial score (nSPS) is 20.1. The summed E-state index contributed by atoms with van der Waals surface area (Å²) in [6.07, 6.45) is 16.2. The Morgan fingerprint density at radius 1 is 0.538 bits per heavy atom. The molecule has 4 unspecified atom stereocenters. The Morgan fingerprint density at radius 2 is 1.23 bits per heavy atom. The summed E-state index contributed by atoms with van der Waals surface area (Å²) in [4.78, 5) is 2.65. The predicted octanol–water partition coefficient (Wildman–Crippen LogP) is 11.6. The molecule has 0 amide bonds. The highest BCUT2D eigenvalue weighted by Crippen LogP contribution is 2.50. The van der Waals surface area contributed by atoms with E-state index in [2.05, 4.69) is 179 Å². The number of hydrogen-bond acceptors (Lipinski definition) is 2. The fourth-order valence-corrected chi connectivity index (χ4v) is 9.07. The molecule has 1 aromatic heterocycles. The summed E-state index contributed by atoms with van der Waals surface area (Å²) in [5.74, 6) is 0.508. The Labute approximate surface area is 304 Å². The Kier molecular flexibility index (Phi) is 7.15. The predicted molar refractivity (Wildman–Crippen MR) is 215 cm³/mol. The van der Waals surface area contributed by atoms with Gasteiger partial charge in [0.25, 0.3) is 0 Å². The van der Waals surface area contributed by atoms with E-state index in [1.54, 1.807) is 0 Å². The third-order valence-electron chi connectivity index (χ3n) is 11.2. The van der Waals surface area contributed by atoms with Crippen molar-refractivity contribution in [3.8, 4) is 34.0 Å². The lowest BCUT2D eigenvalue weighted by molar-refractivity contribution is 0.636. The number of allylic oxidation sites excluding steroid dienone is 4. The number of fused-ring (bicyclic) bond motifs is 6. The fraction of sp³-hybridized carbons (Fsp3) is 0.0816. The summed E-state index contributed by atoms with van der Waals surface area (Å²) >= 11 is 0. The minimum atomic E-state index is 0.164. The maximum atomic E-state index is 10.0. The van der Waals surface area contributed by atoms with E-state index in [0.29, 0.717) is 11.5 Å². The van der Waals surface area contributed by atoms with Gasteiger partial charge < -0.3 is 9.47 Å². The molecule has 0 spiro atoms. The summed E-state index contributed by atoms with van der Waals surface area (Å²) < 4.78 is 2.23. The molecule has 0 radical (unpaired) electrons. The van der Waals surface area contributed by atoms with Gasteiger partial charge in [0.05, 0.1) is 34.4 Å². The summed E-state index contributed by atoms with van der Waals surface area (Å²) in [5.41, 5.74) is 12.7. The van der Waals surface area contributed by atoms with Gasteiger partial charge >= 0.3 is 0 Å². The third kappa shape index (κ3) is 4.65. The average Bonchev–Trinajstić information content (AvgIpc) is 3.74. The van der Waals surface area contributed by atoms with Crippen molar-refractivity contribution in [1.29, 1.82) is 5.26 Å². The monoisotopic (exact) mass is 665 g/mol. The molecule has 1 saturated heterocycles. The number of nitriles is 1. The Balaban J connectivity index is 1.12. The van der Waals surface area contributed by atoms with Crippen LogP contribution in [-0.4, -0.2) is 16.7 Å². The van der Waals surface area contributed by atoms with Crippen molar-refractivity contribution in [2.45, 2.75) is 18.0 Å². The SMILES string of the molecule is N#Cc1ccccc1-n1c2ccccc2c2cc(-c3ccccc3-c3ccccc3C3C=CC=C4C5C=CC=CC5N(c5ccccc5)C43)ccc21. The second-order valence-corrected chi connectivity index (χ2v) is 13.9. The maximum absolute atomic E-state index is 10.0. The maximum Gasteiger partial charge on any atom is 0.101 e. The molecular weight excluding hydrogens is 631 g/mol. The molecule has 52 heavy (non-hydrogen) atoms. The van der Waals surface area contributed by atoms with Crippen molar-refractivity contribution in [2.75, 3.05) is 4.90 Å². The smallest absolute Gasteiger partial charge is 0.101 e. The van der Waals surface area contributed by atoms with Crippen LogP contribution >= 0.6 is 0 Å². The second kappa shape index (κ2) is 12.3. The first-order chi connectivity index (χ1) is 25.8. The largest absolute Gasteiger partial charge is 0.356 e. The first-order valence-electron chi connectivity index (χ1n) is 18.1. The molecule has 3 aliphatic rings. The highest BCUT2D eigenvalue weighted by Gasteiger charge is 2.47. The number of rotatable bonds is 5. The lowest BCUT2D eigenvalue weighted by Crippen LogP contribution is -2.40. The van der Waals surface area contributed by atoms with E-state index in [1.807, 2.05) is 24.3 Å². The van der Waals surface area contributed by atoms with E-state index in [9.17, 15) is 5.26 Å². The number of hydrogen-bond donors (Lipinski definition) is 0. The number of nitrogens with zero attached hydrogens (tertiary/aromatic N) is 3. The number of benzene rings is 6. The zero-order valence-electron chi connectivity index (χ0n) is 28.5. The zero-order valence-corrected chi connectivity index (χ0v) is 28.5. The summed E-state index contributed by atoms with van der Waals surface area (Å²) in [7, 11) is 0. The van der Waals surface area contributed by atoms with E-state index >= 15 is 0 Å². The van der Waals surface area contributed by atoms with Crippen LogP contribution < -0.4 is 4.90 Å². The van der Waals surface area contributed by atoms with Crippen LogP contribution in [0.3, 0.4) is 0 Å². The molecule has 6 aromatic carbocycles. The first-order valence-corrected chi connectivity index (χ1v) is 18.1. The van der Waals surface area contributed by atoms with E-state index in [4.69, 9.17) is 0 Å². The number of anilines is 1. The average molecular weight is 666 g/mol. The Hall–Kier alpha value is -6.63. The lowest BCUT2D eigenvalue weighted by Gasteiger charge is -2.37. The molecule has 10 rings (SSSR count). The van der Waals surface area contributed by atoms with Gasteiger partial charge in [0.2, 0.25) is 0 Å². The van der Waals surface area contributed by atoms with Gasteiger partial charge in [-0.3, -0.25) is 0 Å². The molecule has 1 fully saturated rings. The highest BCUT2D eigenvalue weighted by molar-refractivity contribution is 6.11. The standard InChI is InChI=1S/C49H35N3/c50-32-34-15-4-11-26-45(34)52-47-28-13-10-23-41(47)44-31-33(29-30-48(44)52)36-18-5-6-19-37(36)38-20-7-8-21-39(38)42-24-14-25-43-40-22-9-12-27-46(40)51(49(42)43)35-16-2-1-3-17-35/h1-31,40,42,46,49H. The molecule has 7 aromatic rings. The van der Waals surface area contributed by atoms with E-state index in [-0.39, 0.29) is 18.0 Å². The summed E-state index contributed by atoms with van der Waals surface area (Å²) in [5, 5.41) is 12.3. The van der Waals surface area contributed by atoms with Crippen molar-refractivity contribution < 1.29 is 0 Å². The van der Waals surface area contributed by atoms with Gasteiger partial charge in [0, 0.05) is 28.3 Å². The molecule has 1 aliphatic heterocycles. The molecule has 2 aliphatic carbocycles. The van der Waals surface area contributed by atoms with Crippen molar-refractivity contribution in [1.82, 2.24) is 4.57 Å². The van der Waals surface area contributed by atoms with Gasteiger partial charge in [-0.15, -0.1) is 0 Å². The first kappa shape index (κ1) is 30.2. The molecule has 246 valence electrons. The molecule has 2 heterocycles. The molecule has 0 saturated carbocycles. The van der Waals surface area contributed by atoms with Crippen LogP contribution in [0.4, 0.5) is 5.69 Å². The van der Waals surface area contributed by atoms with Crippen molar-refractivity contribution in [3.05, 3.63) is 205 Å². The summed E-state index contributed by atoms with van der Waals surface area (Å²) in [6, 6.07) is 54.9. The van der Waals surface area contributed by atoms with Crippen LogP contribution in [-0.2, 0) is 0 Å². The topological polar surface area (TPSA) is 32.0 Å². The Bertz CT molecular complexity index is 2680. The van der Waals surface area contributed by atoms with Crippen molar-refractivity contribution in [3.63, 3.8) is 0 Å². The van der Waals surface area contributed by atoms with Crippen LogP contribution in [0.5, 0.6) is 0 Å². The molecule has 4 atom stereocenters. The number of aromatic nitrogens is 1. The van der Waals surface area contributed by atoms with Gasteiger partial charge in [-0.1, -0.05) is 146 Å². The van der Waals surface area contributed by atoms with Crippen LogP contribution in [0.25, 0.3) is 49.7 Å². The molecule has 3 heteroatoms. The molecular formula is C49H35N3. The van der Waals surface area contributed by atoms with Crippen molar-refractivity contribution in [2.24, 2.45) is 5.92 Å². The van der Waals surface area contributed by atoms with Crippen LogP contribution in [0.1, 0.15) is 17.0 Å². The van der Waals surface area contributed by atoms with Crippen LogP contribution in [0.15, 0.2) is 194 Å². The molecule has 0 N–H and O–H groups in total.